The van der Waals surface area contributed by atoms with E-state index < -0.39 is 5.41 Å². The lowest BCUT2D eigenvalue weighted by molar-refractivity contribution is -0.125. The van der Waals surface area contributed by atoms with Crippen LogP contribution in [0.1, 0.15) is 43.2 Å². The van der Waals surface area contributed by atoms with Gasteiger partial charge in [0.25, 0.3) is 0 Å². The molecule has 164 valence electrons. The number of carbonyl (C=O) groups is 2. The standard InChI is InChI=1S/C26H33N3O2/c27-25(31)26(21-11-3-1-4-12-21,22-13-5-2-6-14-22)23-15-17-29(19-23)18-16-28-24(30)20-9-7-8-10-20/h1-6,11-14,20,23H,7-10,15-19H2,(H2,27,31)(H,28,30)/t23-/m1/s1. The molecule has 0 bridgehead atoms. The molecule has 1 saturated carbocycles. The summed E-state index contributed by atoms with van der Waals surface area (Å²) in [4.78, 5) is 27.8. The number of amides is 2. The Hall–Kier alpha value is -2.66. The number of carbonyl (C=O) groups excluding carboxylic acids is 2. The molecule has 0 aromatic heterocycles. The maximum atomic E-state index is 13.1. The summed E-state index contributed by atoms with van der Waals surface area (Å²) in [5, 5.41) is 3.12. The lowest BCUT2D eigenvalue weighted by atomic mass is 9.64. The average Bonchev–Trinajstić information content (AvgIpc) is 3.49. The number of nitrogens with two attached hydrogens (primary N) is 1. The topological polar surface area (TPSA) is 75.4 Å². The lowest BCUT2D eigenvalue weighted by Gasteiger charge is -2.37. The molecule has 5 heteroatoms. The molecule has 2 aliphatic rings. The van der Waals surface area contributed by atoms with Crippen molar-refractivity contribution in [2.24, 2.45) is 17.6 Å². The van der Waals surface area contributed by atoms with Crippen molar-refractivity contribution < 1.29 is 9.59 Å². The summed E-state index contributed by atoms with van der Waals surface area (Å²) >= 11 is 0. The van der Waals surface area contributed by atoms with Gasteiger partial charge in [-0.15, -0.1) is 0 Å². The highest BCUT2D eigenvalue weighted by Crippen LogP contribution is 2.43. The van der Waals surface area contributed by atoms with E-state index in [1.165, 1.54) is 12.8 Å². The molecule has 2 aromatic rings. The first-order chi connectivity index (χ1) is 15.1. The zero-order valence-electron chi connectivity index (χ0n) is 18.1. The molecule has 1 aliphatic heterocycles. The summed E-state index contributed by atoms with van der Waals surface area (Å²) in [5.41, 5.74) is 7.21. The van der Waals surface area contributed by atoms with Gasteiger partial charge in [-0.1, -0.05) is 73.5 Å². The number of benzene rings is 2. The van der Waals surface area contributed by atoms with E-state index in [0.717, 1.165) is 50.0 Å². The number of primary amides is 1. The van der Waals surface area contributed by atoms with Gasteiger partial charge in [-0.2, -0.15) is 0 Å². The number of rotatable bonds is 8. The molecule has 1 aliphatic carbocycles. The first-order valence-electron chi connectivity index (χ1n) is 11.5. The van der Waals surface area contributed by atoms with E-state index in [1.54, 1.807) is 0 Å². The number of likely N-dealkylation sites (tertiary alicyclic amines) is 1. The van der Waals surface area contributed by atoms with Gasteiger partial charge in [0.15, 0.2) is 0 Å². The SMILES string of the molecule is NC(=O)C(c1ccccc1)(c1ccccc1)[C@@H]1CCN(CCNC(=O)C2CCCC2)C1. The maximum Gasteiger partial charge on any atom is 0.232 e. The van der Waals surface area contributed by atoms with Gasteiger partial charge in [0.2, 0.25) is 11.8 Å². The highest BCUT2D eigenvalue weighted by molar-refractivity contribution is 5.91. The van der Waals surface area contributed by atoms with Crippen LogP contribution in [0.3, 0.4) is 0 Å². The molecule has 2 aromatic carbocycles. The summed E-state index contributed by atoms with van der Waals surface area (Å²) in [6.45, 7) is 3.14. The molecular weight excluding hydrogens is 386 g/mol. The number of hydrogen-bond acceptors (Lipinski definition) is 3. The van der Waals surface area contributed by atoms with Crippen molar-refractivity contribution in [2.75, 3.05) is 26.2 Å². The predicted octanol–water partition coefficient (Wildman–Crippen LogP) is 3.09. The highest BCUT2D eigenvalue weighted by Gasteiger charge is 2.49. The minimum absolute atomic E-state index is 0.0836. The second kappa shape index (κ2) is 9.65. The summed E-state index contributed by atoms with van der Waals surface area (Å²) in [6, 6.07) is 19.9. The van der Waals surface area contributed by atoms with Crippen LogP contribution >= 0.6 is 0 Å². The third-order valence-corrected chi connectivity index (χ3v) is 7.18. The van der Waals surface area contributed by atoms with Gasteiger partial charge in [-0.05, 0) is 42.9 Å². The van der Waals surface area contributed by atoms with Crippen LogP contribution in [-0.2, 0) is 15.0 Å². The predicted molar refractivity (Wildman–Crippen MR) is 122 cm³/mol. The van der Waals surface area contributed by atoms with E-state index in [2.05, 4.69) is 10.2 Å². The molecule has 1 heterocycles. The molecule has 31 heavy (non-hydrogen) atoms. The van der Waals surface area contributed by atoms with Crippen molar-refractivity contribution in [2.45, 2.75) is 37.5 Å². The quantitative estimate of drug-likeness (QED) is 0.690. The van der Waals surface area contributed by atoms with Gasteiger partial charge in [0.1, 0.15) is 5.41 Å². The van der Waals surface area contributed by atoms with E-state index in [4.69, 9.17) is 5.73 Å². The minimum Gasteiger partial charge on any atom is -0.369 e. The molecular formula is C26H33N3O2. The van der Waals surface area contributed by atoms with Crippen LogP contribution in [0.2, 0.25) is 0 Å². The highest BCUT2D eigenvalue weighted by atomic mass is 16.2. The zero-order chi connectivity index (χ0) is 21.7. The van der Waals surface area contributed by atoms with E-state index in [9.17, 15) is 9.59 Å². The lowest BCUT2D eigenvalue weighted by Crippen LogP contribution is -2.49. The van der Waals surface area contributed by atoms with Crippen molar-refractivity contribution in [3.63, 3.8) is 0 Å². The number of nitrogens with zero attached hydrogens (tertiary/aromatic N) is 1. The molecule has 2 amide bonds. The van der Waals surface area contributed by atoms with E-state index in [0.29, 0.717) is 6.54 Å². The molecule has 3 N–H and O–H groups in total. The second-order valence-electron chi connectivity index (χ2n) is 8.96. The van der Waals surface area contributed by atoms with Gasteiger partial charge in [0.05, 0.1) is 0 Å². The Kier molecular flexibility index (Phi) is 6.71. The first kappa shape index (κ1) is 21.6. The number of hydrogen-bond donors (Lipinski definition) is 2. The molecule has 0 spiro atoms. The fraction of sp³-hybridized carbons (Fsp3) is 0.462. The van der Waals surface area contributed by atoms with E-state index >= 15 is 0 Å². The van der Waals surface area contributed by atoms with Gasteiger partial charge >= 0.3 is 0 Å². The van der Waals surface area contributed by atoms with Crippen molar-refractivity contribution in [1.29, 1.82) is 0 Å². The van der Waals surface area contributed by atoms with Crippen molar-refractivity contribution in [3.05, 3.63) is 71.8 Å². The largest absolute Gasteiger partial charge is 0.369 e. The Morgan fingerprint density at radius 2 is 1.52 bits per heavy atom. The Bertz CT molecular complexity index is 839. The van der Waals surface area contributed by atoms with Gasteiger partial charge < -0.3 is 16.0 Å². The van der Waals surface area contributed by atoms with Crippen molar-refractivity contribution in [3.8, 4) is 0 Å². The molecule has 4 rings (SSSR count). The zero-order valence-corrected chi connectivity index (χ0v) is 18.1. The third kappa shape index (κ3) is 4.38. The van der Waals surface area contributed by atoms with Crippen LogP contribution in [0.15, 0.2) is 60.7 Å². The van der Waals surface area contributed by atoms with Gasteiger partial charge in [0, 0.05) is 25.6 Å². The number of nitrogens with one attached hydrogen (secondary N) is 1. The molecule has 5 nitrogen and oxygen atoms in total. The molecule has 1 atom stereocenters. The summed E-state index contributed by atoms with van der Waals surface area (Å²) < 4.78 is 0. The summed E-state index contributed by atoms with van der Waals surface area (Å²) in [5.74, 6) is 0.185. The molecule has 1 saturated heterocycles. The van der Waals surface area contributed by atoms with Crippen molar-refractivity contribution >= 4 is 11.8 Å². The first-order valence-corrected chi connectivity index (χ1v) is 11.5. The van der Waals surface area contributed by atoms with E-state index in [1.807, 2.05) is 60.7 Å². The summed E-state index contributed by atoms with van der Waals surface area (Å²) in [7, 11) is 0. The Morgan fingerprint density at radius 3 is 2.06 bits per heavy atom. The fourth-order valence-electron chi connectivity index (χ4n) is 5.58. The van der Waals surface area contributed by atoms with Crippen LogP contribution in [-0.4, -0.2) is 42.9 Å². The maximum absolute atomic E-state index is 13.1. The molecule has 0 radical (unpaired) electrons. The Labute approximate surface area is 185 Å². The van der Waals surface area contributed by atoms with Crippen molar-refractivity contribution in [1.82, 2.24) is 10.2 Å². The van der Waals surface area contributed by atoms with E-state index in [-0.39, 0.29) is 23.7 Å². The Morgan fingerprint density at radius 1 is 0.935 bits per heavy atom. The molecule has 0 unspecified atom stereocenters. The van der Waals surface area contributed by atoms with Crippen LogP contribution in [0.5, 0.6) is 0 Å². The fourth-order valence-corrected chi connectivity index (χ4v) is 5.58. The minimum atomic E-state index is -0.857. The summed E-state index contributed by atoms with van der Waals surface area (Å²) in [6.07, 6.45) is 5.27. The van der Waals surface area contributed by atoms with Crippen LogP contribution in [0, 0.1) is 11.8 Å². The normalized spacial score (nSPS) is 20.1. The smallest absolute Gasteiger partial charge is 0.232 e. The third-order valence-electron chi connectivity index (χ3n) is 7.18. The monoisotopic (exact) mass is 419 g/mol. The average molecular weight is 420 g/mol. The van der Waals surface area contributed by atoms with Crippen LogP contribution < -0.4 is 11.1 Å². The second-order valence-corrected chi connectivity index (χ2v) is 8.96. The van der Waals surface area contributed by atoms with Crippen LogP contribution in [0.4, 0.5) is 0 Å². The van der Waals surface area contributed by atoms with Crippen LogP contribution in [0.25, 0.3) is 0 Å². The van der Waals surface area contributed by atoms with Gasteiger partial charge in [-0.3, -0.25) is 9.59 Å². The Balaban J connectivity index is 1.49. The van der Waals surface area contributed by atoms with Gasteiger partial charge in [-0.25, -0.2) is 0 Å². The molecule has 2 fully saturated rings.